The molecule has 1 aliphatic carbocycles. The number of halogens is 1. The van der Waals surface area contributed by atoms with E-state index in [1.54, 1.807) is 21.8 Å². The van der Waals surface area contributed by atoms with Gasteiger partial charge in [0.25, 0.3) is 0 Å². The first-order valence-electron chi connectivity index (χ1n) is 10.4. The van der Waals surface area contributed by atoms with Crippen LogP contribution in [0.25, 0.3) is 16.4 Å². The van der Waals surface area contributed by atoms with Crippen molar-refractivity contribution in [1.82, 2.24) is 19.5 Å². The maximum Gasteiger partial charge on any atom is 0.410 e. The molecule has 7 nitrogen and oxygen atoms in total. The molecule has 2 heterocycles. The lowest BCUT2D eigenvalue weighted by molar-refractivity contribution is 0.0185. The Bertz CT molecular complexity index is 1070. The predicted molar refractivity (Wildman–Crippen MR) is 114 cm³/mol. The van der Waals surface area contributed by atoms with Gasteiger partial charge in [0, 0.05) is 36.7 Å². The third kappa shape index (κ3) is 4.32. The van der Waals surface area contributed by atoms with Crippen molar-refractivity contribution in [3.63, 3.8) is 0 Å². The molecule has 1 saturated carbocycles. The Morgan fingerprint density at radius 1 is 1.23 bits per heavy atom. The van der Waals surface area contributed by atoms with Crippen LogP contribution in [-0.4, -0.2) is 50.3 Å². The van der Waals surface area contributed by atoms with E-state index in [2.05, 4.69) is 15.4 Å². The van der Waals surface area contributed by atoms with Crippen LogP contribution in [0.3, 0.4) is 0 Å². The minimum atomic E-state index is -0.488. The number of rotatable bonds is 3. The van der Waals surface area contributed by atoms with E-state index in [1.165, 1.54) is 12.1 Å². The maximum atomic E-state index is 13.5. The van der Waals surface area contributed by atoms with Gasteiger partial charge in [-0.3, -0.25) is 0 Å². The molecule has 1 N–H and O–H groups in total. The monoisotopic (exact) mass is 413 g/mol. The number of ether oxygens (including phenoxy) is 1. The molecule has 3 aromatic rings. The number of nitrogens with one attached hydrogen (secondary N) is 1. The van der Waals surface area contributed by atoms with Gasteiger partial charge < -0.3 is 15.0 Å². The fourth-order valence-corrected chi connectivity index (χ4v) is 3.99. The molecule has 30 heavy (non-hydrogen) atoms. The number of aromatic nitrogens is 3. The molecule has 160 valence electrons. The first kappa shape index (κ1) is 20.4. The van der Waals surface area contributed by atoms with Crippen LogP contribution in [0.4, 0.5) is 15.0 Å². The zero-order chi connectivity index (χ0) is 21.5. The summed E-state index contributed by atoms with van der Waals surface area (Å²) in [4.78, 5) is 18.5. The number of fused-ring (bicyclic) bond motifs is 3. The second kappa shape index (κ2) is 7.74. The summed E-state index contributed by atoms with van der Waals surface area (Å²) in [5.74, 6) is 0.475. The Kier molecular flexibility index (Phi) is 5.26. The minimum absolute atomic E-state index is 0.182. The van der Waals surface area contributed by atoms with Crippen LogP contribution in [0.2, 0.25) is 0 Å². The Hall–Kier alpha value is -2.90. The Morgan fingerprint density at radius 3 is 2.67 bits per heavy atom. The van der Waals surface area contributed by atoms with E-state index in [4.69, 9.17) is 4.74 Å². The van der Waals surface area contributed by atoms with Gasteiger partial charge in [-0.15, -0.1) is 0 Å². The first-order valence-corrected chi connectivity index (χ1v) is 10.4. The van der Waals surface area contributed by atoms with E-state index in [9.17, 15) is 9.18 Å². The second-order valence-electron chi connectivity index (χ2n) is 9.01. The van der Waals surface area contributed by atoms with Gasteiger partial charge in [-0.1, -0.05) is 0 Å². The van der Waals surface area contributed by atoms with Gasteiger partial charge in [-0.05, 0) is 58.6 Å². The highest BCUT2D eigenvalue weighted by Crippen LogP contribution is 2.27. The van der Waals surface area contributed by atoms with Crippen LogP contribution in [0, 0.1) is 5.82 Å². The summed E-state index contributed by atoms with van der Waals surface area (Å²) in [5.41, 5.74) is 1.01. The summed E-state index contributed by atoms with van der Waals surface area (Å²) in [6.07, 6.45) is 5.08. The Morgan fingerprint density at radius 2 is 1.97 bits per heavy atom. The maximum absolute atomic E-state index is 13.5. The minimum Gasteiger partial charge on any atom is -0.444 e. The number of carbonyl (C=O) groups excluding carboxylic acids is 1. The third-order valence-electron chi connectivity index (χ3n) is 5.56. The highest BCUT2D eigenvalue weighted by Gasteiger charge is 2.29. The lowest BCUT2D eigenvalue weighted by Crippen LogP contribution is -2.43. The zero-order valence-corrected chi connectivity index (χ0v) is 17.9. The van der Waals surface area contributed by atoms with Crippen LogP contribution in [0.5, 0.6) is 0 Å². The van der Waals surface area contributed by atoms with Crippen LogP contribution in [0.1, 0.15) is 46.5 Å². The number of benzene rings is 1. The molecule has 1 fully saturated rings. The average molecular weight is 413 g/mol. The summed E-state index contributed by atoms with van der Waals surface area (Å²) in [7, 11) is 1.82. The van der Waals surface area contributed by atoms with Gasteiger partial charge in [0.15, 0.2) is 0 Å². The van der Waals surface area contributed by atoms with Crippen molar-refractivity contribution < 1.29 is 13.9 Å². The van der Waals surface area contributed by atoms with Crippen molar-refractivity contribution >= 4 is 28.3 Å². The summed E-state index contributed by atoms with van der Waals surface area (Å²) in [5, 5.41) is 8.77. The van der Waals surface area contributed by atoms with E-state index in [0.29, 0.717) is 5.52 Å². The molecule has 0 radical (unpaired) electrons. The van der Waals surface area contributed by atoms with Crippen molar-refractivity contribution in [2.24, 2.45) is 0 Å². The van der Waals surface area contributed by atoms with Crippen molar-refractivity contribution in [2.75, 3.05) is 12.4 Å². The van der Waals surface area contributed by atoms with E-state index in [-0.39, 0.29) is 24.0 Å². The van der Waals surface area contributed by atoms with Gasteiger partial charge in [0.05, 0.1) is 11.0 Å². The molecular formula is C22H28FN5O2. The fourth-order valence-electron chi connectivity index (χ4n) is 3.99. The number of hydrogen-bond donors (Lipinski definition) is 1. The number of amides is 1. The molecule has 1 amide bonds. The zero-order valence-electron chi connectivity index (χ0n) is 17.9. The van der Waals surface area contributed by atoms with Crippen molar-refractivity contribution in [3.05, 3.63) is 36.4 Å². The molecule has 0 saturated heterocycles. The summed E-state index contributed by atoms with van der Waals surface area (Å²) in [6.45, 7) is 5.64. The second-order valence-corrected chi connectivity index (χ2v) is 9.01. The molecule has 0 aliphatic heterocycles. The average Bonchev–Trinajstić information content (AvgIpc) is 3.03. The molecule has 1 aromatic carbocycles. The summed E-state index contributed by atoms with van der Waals surface area (Å²) >= 11 is 0. The Balaban J connectivity index is 1.39. The number of nitrogens with zero attached hydrogens (tertiary/aromatic N) is 4. The van der Waals surface area contributed by atoms with Gasteiger partial charge in [0.2, 0.25) is 0 Å². The lowest BCUT2D eigenvalue weighted by Gasteiger charge is -2.35. The smallest absolute Gasteiger partial charge is 0.410 e. The molecule has 1 aliphatic rings. The molecular weight excluding hydrogens is 385 g/mol. The van der Waals surface area contributed by atoms with Crippen LogP contribution in [0.15, 0.2) is 30.6 Å². The Labute approximate surface area is 175 Å². The molecule has 0 spiro atoms. The highest BCUT2D eigenvalue weighted by molar-refractivity contribution is 5.94. The molecule has 2 aromatic heterocycles. The van der Waals surface area contributed by atoms with E-state index >= 15 is 0 Å². The highest BCUT2D eigenvalue weighted by atomic mass is 19.1. The lowest BCUT2D eigenvalue weighted by atomic mass is 9.90. The van der Waals surface area contributed by atoms with Gasteiger partial charge in [-0.2, -0.15) is 5.10 Å². The van der Waals surface area contributed by atoms with Crippen molar-refractivity contribution in [3.8, 4) is 0 Å². The molecule has 0 unspecified atom stereocenters. The number of anilines is 1. The summed E-state index contributed by atoms with van der Waals surface area (Å²) < 4.78 is 20.6. The van der Waals surface area contributed by atoms with E-state index in [1.807, 2.05) is 33.9 Å². The quantitative estimate of drug-likeness (QED) is 0.679. The number of hydrogen-bond acceptors (Lipinski definition) is 5. The summed E-state index contributed by atoms with van der Waals surface area (Å²) in [6, 6.07) is 7.04. The first-order chi connectivity index (χ1) is 14.2. The van der Waals surface area contributed by atoms with Gasteiger partial charge in [-0.25, -0.2) is 18.7 Å². The van der Waals surface area contributed by atoms with Gasteiger partial charge >= 0.3 is 6.09 Å². The standard InChI is InChI=1S/C22H28FN5O2/c1-22(2,3)30-21(29)27(4)16-8-6-15(7-9-16)25-20-12-19-17-10-5-14(23)11-18(17)26-28(19)13-24-20/h5,10-13,15-16,25H,6-9H2,1-4H3. The van der Waals surface area contributed by atoms with Crippen molar-refractivity contribution in [1.29, 1.82) is 0 Å². The molecule has 4 rings (SSSR count). The predicted octanol–water partition coefficient (Wildman–Crippen LogP) is 4.61. The van der Waals surface area contributed by atoms with E-state index < -0.39 is 5.60 Å². The molecule has 0 bridgehead atoms. The van der Waals surface area contributed by atoms with Crippen LogP contribution < -0.4 is 5.32 Å². The van der Waals surface area contributed by atoms with Crippen molar-refractivity contribution in [2.45, 2.75) is 64.1 Å². The molecule has 8 heteroatoms. The topological polar surface area (TPSA) is 71.8 Å². The SMILES string of the molecule is CN(C(=O)OC(C)(C)C)C1CCC(Nc2cc3c4ccc(F)cc4nn3cn2)CC1. The normalized spacial score (nSPS) is 19.8. The van der Waals surface area contributed by atoms with E-state index in [0.717, 1.165) is 42.4 Å². The fraction of sp³-hybridized carbons (Fsp3) is 0.500. The largest absolute Gasteiger partial charge is 0.444 e. The number of carbonyl (C=O) groups is 1. The third-order valence-corrected chi connectivity index (χ3v) is 5.56. The van der Waals surface area contributed by atoms with Crippen LogP contribution >= 0.6 is 0 Å². The molecule has 0 atom stereocenters. The van der Waals surface area contributed by atoms with Crippen LogP contribution in [-0.2, 0) is 4.74 Å². The van der Waals surface area contributed by atoms with Gasteiger partial charge in [0.1, 0.15) is 23.6 Å².